The summed E-state index contributed by atoms with van der Waals surface area (Å²) in [4.78, 5) is 0. The van der Waals surface area contributed by atoms with Gasteiger partial charge in [-0.25, -0.2) is 0 Å². The fourth-order valence-corrected chi connectivity index (χ4v) is 1.32. The molecule has 1 nitrogen and oxygen atoms in total. The van der Waals surface area contributed by atoms with Gasteiger partial charge in [-0.1, -0.05) is 25.7 Å². The van der Waals surface area contributed by atoms with Crippen LogP contribution >= 0.6 is 0 Å². The summed E-state index contributed by atoms with van der Waals surface area (Å²) in [6.07, 6.45) is 6.38. The molecule has 2 rings (SSSR count). The normalized spacial score (nSPS) is 21.5. The maximum atomic E-state index is 3.28. The predicted molar refractivity (Wildman–Crippen MR) is 44.8 cm³/mol. The zero-order chi connectivity index (χ0) is 7.45. The summed E-state index contributed by atoms with van der Waals surface area (Å²) < 4.78 is 0. The van der Waals surface area contributed by atoms with E-state index in [-0.39, 0.29) is 40.8 Å². The molecule has 1 N–H and O–H groups in total. The Balaban J connectivity index is 0. The van der Waals surface area contributed by atoms with Gasteiger partial charge >= 0.3 is 0 Å². The van der Waals surface area contributed by atoms with Crippen LogP contribution in [-0.2, 0) is 40.8 Å². The Hall–Kier alpha value is 1.28. The molecule has 0 aromatic heterocycles. The van der Waals surface area contributed by atoms with Gasteiger partial charge in [0, 0.05) is 40.8 Å². The van der Waals surface area contributed by atoms with E-state index < -0.39 is 0 Å². The average molecular weight is 513 g/mol. The van der Waals surface area contributed by atoms with Crippen molar-refractivity contribution in [2.75, 3.05) is 13.1 Å². The SMILES string of the molecule is CCC.[CH-]1CC2(C1)CNC2.[Re].[Re]. The smallest absolute Gasteiger partial charge is 0 e. The number of hydrogen-bond donors (Lipinski definition) is 1. The molecule has 12 heavy (non-hydrogen) atoms. The van der Waals surface area contributed by atoms with E-state index in [1.165, 1.54) is 32.4 Å². The summed E-state index contributed by atoms with van der Waals surface area (Å²) in [6, 6.07) is 0. The summed E-state index contributed by atoms with van der Waals surface area (Å²) >= 11 is 0. The maximum Gasteiger partial charge on any atom is 0 e. The van der Waals surface area contributed by atoms with Crippen molar-refractivity contribution >= 4 is 0 Å². The van der Waals surface area contributed by atoms with E-state index in [1.807, 2.05) is 0 Å². The van der Waals surface area contributed by atoms with E-state index in [2.05, 4.69) is 25.6 Å². The van der Waals surface area contributed by atoms with Crippen molar-refractivity contribution < 1.29 is 40.8 Å². The third-order valence-corrected chi connectivity index (χ3v) is 2.15. The topological polar surface area (TPSA) is 12.0 Å². The molecule has 74 valence electrons. The van der Waals surface area contributed by atoms with E-state index >= 15 is 0 Å². The van der Waals surface area contributed by atoms with Gasteiger partial charge in [-0.05, 0) is 13.1 Å². The Labute approximate surface area is 104 Å². The maximum absolute atomic E-state index is 3.28. The number of rotatable bonds is 0. The molecule has 2 fully saturated rings. The van der Waals surface area contributed by atoms with Crippen LogP contribution in [0.2, 0.25) is 0 Å². The molecule has 0 aromatic carbocycles. The van der Waals surface area contributed by atoms with Crippen molar-refractivity contribution in [1.82, 2.24) is 5.32 Å². The van der Waals surface area contributed by atoms with Crippen LogP contribution in [0.15, 0.2) is 0 Å². The molecular weight excluding hydrogens is 495 g/mol. The summed E-state index contributed by atoms with van der Waals surface area (Å²) in [5, 5.41) is 3.28. The minimum atomic E-state index is 0. The molecule has 1 saturated carbocycles. The van der Waals surface area contributed by atoms with Crippen molar-refractivity contribution in [3.63, 3.8) is 0 Å². The number of nitrogens with one attached hydrogen (secondary N) is 1. The Morgan fingerprint density at radius 3 is 1.58 bits per heavy atom. The zero-order valence-electron chi connectivity index (χ0n) is 7.87. The van der Waals surface area contributed by atoms with Crippen LogP contribution in [0.1, 0.15) is 33.1 Å². The van der Waals surface area contributed by atoms with E-state index in [0.717, 1.165) is 5.41 Å². The molecule has 1 heterocycles. The summed E-state index contributed by atoms with van der Waals surface area (Å²) in [5.41, 5.74) is 0.778. The van der Waals surface area contributed by atoms with Crippen LogP contribution in [0.25, 0.3) is 0 Å². The van der Waals surface area contributed by atoms with Crippen molar-refractivity contribution in [2.45, 2.75) is 33.1 Å². The molecule has 0 amide bonds. The minimum Gasteiger partial charge on any atom is -0.327 e. The first-order valence-corrected chi connectivity index (χ1v) is 4.35. The van der Waals surface area contributed by atoms with E-state index in [9.17, 15) is 0 Å². The molecule has 1 spiro atoms. The first kappa shape index (κ1) is 15.7. The van der Waals surface area contributed by atoms with Crippen molar-refractivity contribution in [3.05, 3.63) is 6.42 Å². The first-order valence-electron chi connectivity index (χ1n) is 4.35. The van der Waals surface area contributed by atoms with Crippen LogP contribution in [0, 0.1) is 11.8 Å². The quantitative estimate of drug-likeness (QED) is 0.490. The molecular formula is C9H18NRe2-. The van der Waals surface area contributed by atoms with Crippen molar-refractivity contribution in [1.29, 1.82) is 0 Å². The number of hydrogen-bond acceptors (Lipinski definition) is 1. The minimum absolute atomic E-state index is 0. The Morgan fingerprint density at radius 2 is 1.58 bits per heavy atom. The van der Waals surface area contributed by atoms with E-state index in [0.29, 0.717) is 0 Å². The molecule has 0 atom stereocenters. The van der Waals surface area contributed by atoms with Crippen LogP contribution in [0.4, 0.5) is 0 Å². The van der Waals surface area contributed by atoms with Crippen molar-refractivity contribution in [3.8, 4) is 0 Å². The van der Waals surface area contributed by atoms with Gasteiger partial charge in [0.1, 0.15) is 0 Å². The second-order valence-electron chi connectivity index (χ2n) is 3.51. The Morgan fingerprint density at radius 1 is 1.17 bits per heavy atom. The van der Waals surface area contributed by atoms with Gasteiger partial charge in [0.15, 0.2) is 0 Å². The Bertz CT molecular complexity index is 83.2. The van der Waals surface area contributed by atoms with Crippen molar-refractivity contribution in [2.24, 2.45) is 5.41 Å². The second kappa shape index (κ2) is 7.67. The van der Waals surface area contributed by atoms with Gasteiger partial charge in [-0.3, -0.25) is 0 Å². The predicted octanol–water partition coefficient (Wildman–Crippen LogP) is 1.99. The zero-order valence-corrected chi connectivity index (χ0v) is 13.3. The molecule has 3 heteroatoms. The summed E-state index contributed by atoms with van der Waals surface area (Å²) in [5.74, 6) is 0. The summed E-state index contributed by atoms with van der Waals surface area (Å²) in [7, 11) is 0. The molecule has 2 aliphatic rings. The van der Waals surface area contributed by atoms with Gasteiger partial charge in [-0.2, -0.15) is 12.8 Å². The Kier molecular flexibility index (Phi) is 10.1. The van der Waals surface area contributed by atoms with Crippen LogP contribution in [0.3, 0.4) is 0 Å². The molecule has 1 aliphatic heterocycles. The van der Waals surface area contributed by atoms with Gasteiger partial charge in [0.05, 0.1) is 0 Å². The van der Waals surface area contributed by atoms with Gasteiger partial charge in [0.25, 0.3) is 0 Å². The van der Waals surface area contributed by atoms with Gasteiger partial charge in [0.2, 0.25) is 0 Å². The van der Waals surface area contributed by atoms with Gasteiger partial charge in [-0.15, -0.1) is 0 Å². The largest absolute Gasteiger partial charge is 0.327 e. The molecule has 0 bridgehead atoms. The fourth-order valence-electron chi connectivity index (χ4n) is 1.32. The van der Waals surface area contributed by atoms with Gasteiger partial charge < -0.3 is 11.7 Å². The fraction of sp³-hybridized carbons (Fsp3) is 0.889. The van der Waals surface area contributed by atoms with Crippen LogP contribution < -0.4 is 5.32 Å². The molecule has 1 aliphatic carbocycles. The molecule has 0 unspecified atom stereocenters. The van der Waals surface area contributed by atoms with E-state index in [4.69, 9.17) is 0 Å². The molecule has 0 aromatic rings. The van der Waals surface area contributed by atoms with Crippen LogP contribution in [-0.4, -0.2) is 13.1 Å². The standard InChI is InChI=1S/C6H10N.C3H8.2Re/c1-2-6(3-1)4-7-5-6;1-3-2;;/h1,7H,2-5H2;3H2,1-2H3;;/q-1;;;. The van der Waals surface area contributed by atoms with E-state index in [1.54, 1.807) is 0 Å². The first-order chi connectivity index (χ1) is 4.83. The monoisotopic (exact) mass is 514 g/mol. The third-order valence-electron chi connectivity index (χ3n) is 2.15. The third kappa shape index (κ3) is 4.00. The van der Waals surface area contributed by atoms with Crippen LogP contribution in [0.5, 0.6) is 0 Å². The molecule has 2 radical (unpaired) electrons. The average Bonchev–Trinajstić information content (AvgIpc) is 1.57. The second-order valence-corrected chi connectivity index (χ2v) is 3.51. The summed E-state index contributed by atoms with van der Waals surface area (Å²) in [6.45, 7) is 6.81. The molecule has 1 saturated heterocycles.